The topological polar surface area (TPSA) is 108 Å². The van der Waals surface area contributed by atoms with Crippen LogP contribution in [0.4, 0.5) is 0 Å². The summed E-state index contributed by atoms with van der Waals surface area (Å²) < 4.78 is 33.6. The molecule has 0 saturated heterocycles. The molecule has 7 nitrogen and oxygen atoms in total. The van der Waals surface area contributed by atoms with Crippen LogP contribution in [0.25, 0.3) is 0 Å². The van der Waals surface area contributed by atoms with Gasteiger partial charge < -0.3 is 9.26 Å². The fourth-order valence-electron chi connectivity index (χ4n) is 1.77. The van der Waals surface area contributed by atoms with Crippen molar-refractivity contribution in [1.82, 2.24) is 10.1 Å². The first-order valence-corrected chi connectivity index (χ1v) is 8.02. The number of aromatic nitrogens is 2. The van der Waals surface area contributed by atoms with Crippen molar-refractivity contribution in [3.8, 4) is 5.75 Å². The Kier molecular flexibility index (Phi) is 4.59. The lowest BCUT2D eigenvalue weighted by Gasteiger charge is -2.09. The van der Waals surface area contributed by atoms with Gasteiger partial charge in [-0.1, -0.05) is 18.1 Å². The van der Waals surface area contributed by atoms with E-state index in [-0.39, 0.29) is 17.3 Å². The predicted octanol–water partition coefficient (Wildman–Crippen LogP) is 1.56. The van der Waals surface area contributed by atoms with Gasteiger partial charge in [-0.2, -0.15) is 4.98 Å². The van der Waals surface area contributed by atoms with Crippen molar-refractivity contribution in [3.63, 3.8) is 0 Å². The van der Waals surface area contributed by atoms with E-state index < -0.39 is 10.0 Å². The van der Waals surface area contributed by atoms with E-state index in [1.807, 2.05) is 6.92 Å². The van der Waals surface area contributed by atoms with Crippen LogP contribution in [0.1, 0.15) is 30.6 Å². The highest BCUT2D eigenvalue weighted by molar-refractivity contribution is 7.89. The summed E-state index contributed by atoms with van der Waals surface area (Å²) in [6.07, 6.45) is 1.63. The molecule has 2 aromatic rings. The Hall–Kier alpha value is -1.93. The maximum Gasteiger partial charge on any atom is 0.264 e. The molecule has 0 aliphatic carbocycles. The third-order valence-corrected chi connectivity index (χ3v) is 3.67. The Bertz CT molecular complexity index is 725. The highest BCUT2D eigenvalue weighted by Crippen LogP contribution is 2.24. The molecule has 0 saturated carbocycles. The zero-order valence-corrected chi connectivity index (χ0v) is 12.7. The first-order chi connectivity index (χ1) is 9.90. The second kappa shape index (κ2) is 6.23. The number of hydrogen-bond acceptors (Lipinski definition) is 6. The van der Waals surface area contributed by atoms with Gasteiger partial charge in [-0.3, -0.25) is 0 Å². The molecule has 0 bridgehead atoms. The Balaban J connectivity index is 2.16. The van der Waals surface area contributed by atoms with Crippen molar-refractivity contribution in [3.05, 3.63) is 35.5 Å². The average molecular weight is 311 g/mol. The van der Waals surface area contributed by atoms with Gasteiger partial charge in [0, 0.05) is 6.42 Å². The SMILES string of the molecule is CCCc1noc(COc2ccc(C)cc2S(N)(=O)=O)n1. The molecule has 0 atom stereocenters. The minimum atomic E-state index is -3.86. The van der Waals surface area contributed by atoms with Gasteiger partial charge in [-0.05, 0) is 31.0 Å². The fraction of sp³-hybridized carbons (Fsp3) is 0.385. The van der Waals surface area contributed by atoms with Gasteiger partial charge in [0.25, 0.3) is 5.89 Å². The standard InChI is InChI=1S/C13H17N3O4S/c1-3-4-12-15-13(20-16-12)8-19-10-6-5-9(2)7-11(10)21(14,17)18/h5-7H,3-4,8H2,1-2H3,(H2,14,17,18). The summed E-state index contributed by atoms with van der Waals surface area (Å²) in [5.41, 5.74) is 0.773. The first kappa shape index (κ1) is 15.5. The molecule has 114 valence electrons. The molecule has 0 amide bonds. The first-order valence-electron chi connectivity index (χ1n) is 6.48. The van der Waals surface area contributed by atoms with Crippen LogP contribution in [0, 0.1) is 6.92 Å². The Morgan fingerprint density at radius 1 is 1.38 bits per heavy atom. The molecule has 1 aromatic carbocycles. The molecule has 0 aliphatic rings. The van der Waals surface area contributed by atoms with Gasteiger partial charge in [0.15, 0.2) is 12.4 Å². The summed E-state index contributed by atoms with van der Waals surface area (Å²) in [5.74, 6) is 1.06. The summed E-state index contributed by atoms with van der Waals surface area (Å²) in [6, 6.07) is 4.75. The van der Waals surface area contributed by atoms with Crippen LogP contribution in [0.3, 0.4) is 0 Å². The molecule has 21 heavy (non-hydrogen) atoms. The van der Waals surface area contributed by atoms with Gasteiger partial charge in [0.2, 0.25) is 10.0 Å². The Morgan fingerprint density at radius 2 is 2.14 bits per heavy atom. The maximum atomic E-state index is 11.6. The van der Waals surface area contributed by atoms with Crippen molar-refractivity contribution in [2.45, 2.75) is 38.2 Å². The normalized spacial score (nSPS) is 11.6. The molecule has 1 heterocycles. The van der Waals surface area contributed by atoms with Gasteiger partial charge in [0.1, 0.15) is 10.6 Å². The number of aryl methyl sites for hydroxylation is 2. The quantitative estimate of drug-likeness (QED) is 0.867. The van der Waals surface area contributed by atoms with E-state index in [0.29, 0.717) is 11.7 Å². The van der Waals surface area contributed by atoms with Crippen molar-refractivity contribution in [2.75, 3.05) is 0 Å². The van der Waals surface area contributed by atoms with Gasteiger partial charge in [-0.15, -0.1) is 0 Å². The number of benzene rings is 1. The van der Waals surface area contributed by atoms with E-state index in [9.17, 15) is 8.42 Å². The van der Waals surface area contributed by atoms with Crippen molar-refractivity contribution in [2.24, 2.45) is 5.14 Å². The van der Waals surface area contributed by atoms with E-state index in [2.05, 4.69) is 10.1 Å². The molecular weight excluding hydrogens is 294 g/mol. The molecular formula is C13H17N3O4S. The van der Waals surface area contributed by atoms with Crippen molar-refractivity contribution < 1.29 is 17.7 Å². The maximum absolute atomic E-state index is 11.6. The fourth-order valence-corrected chi connectivity index (χ4v) is 2.53. The van der Waals surface area contributed by atoms with Crippen molar-refractivity contribution in [1.29, 1.82) is 0 Å². The zero-order valence-electron chi connectivity index (χ0n) is 11.9. The van der Waals surface area contributed by atoms with E-state index in [0.717, 1.165) is 18.4 Å². The van der Waals surface area contributed by atoms with E-state index in [1.165, 1.54) is 6.07 Å². The summed E-state index contributed by atoms with van der Waals surface area (Å²) in [4.78, 5) is 4.08. The Labute approximate surface area is 123 Å². The molecule has 0 aliphatic heterocycles. The zero-order chi connectivity index (χ0) is 15.5. The number of sulfonamides is 1. The second-order valence-electron chi connectivity index (χ2n) is 4.64. The molecule has 1 aromatic heterocycles. The largest absolute Gasteiger partial charge is 0.482 e. The highest BCUT2D eigenvalue weighted by Gasteiger charge is 2.16. The molecule has 0 unspecified atom stereocenters. The third-order valence-electron chi connectivity index (χ3n) is 2.74. The smallest absolute Gasteiger partial charge is 0.264 e. The van der Waals surface area contributed by atoms with Crippen LogP contribution in [0.2, 0.25) is 0 Å². The highest BCUT2D eigenvalue weighted by atomic mass is 32.2. The Morgan fingerprint density at radius 3 is 2.81 bits per heavy atom. The summed E-state index contributed by atoms with van der Waals surface area (Å²) in [6.45, 7) is 3.77. The lowest BCUT2D eigenvalue weighted by Crippen LogP contribution is -2.14. The number of nitrogens with zero attached hydrogens (tertiary/aromatic N) is 2. The van der Waals surface area contributed by atoms with Crippen LogP contribution in [0.5, 0.6) is 5.75 Å². The molecule has 8 heteroatoms. The van der Waals surface area contributed by atoms with Crippen LogP contribution >= 0.6 is 0 Å². The molecule has 0 spiro atoms. The van der Waals surface area contributed by atoms with Gasteiger partial charge in [0.05, 0.1) is 0 Å². The summed E-state index contributed by atoms with van der Waals surface area (Å²) in [7, 11) is -3.86. The van der Waals surface area contributed by atoms with Crippen LogP contribution in [0.15, 0.2) is 27.6 Å². The summed E-state index contributed by atoms with van der Waals surface area (Å²) in [5, 5.41) is 8.97. The lowest BCUT2D eigenvalue weighted by molar-refractivity contribution is 0.237. The second-order valence-corrected chi connectivity index (χ2v) is 6.17. The van der Waals surface area contributed by atoms with E-state index in [1.54, 1.807) is 19.1 Å². The van der Waals surface area contributed by atoms with Crippen LogP contribution in [-0.2, 0) is 23.1 Å². The number of rotatable bonds is 6. The third kappa shape index (κ3) is 4.02. The minimum absolute atomic E-state index is 0.0116. The number of hydrogen-bond donors (Lipinski definition) is 1. The average Bonchev–Trinajstić information content (AvgIpc) is 2.84. The van der Waals surface area contributed by atoms with Crippen LogP contribution in [-0.4, -0.2) is 18.6 Å². The molecule has 0 radical (unpaired) electrons. The molecule has 2 N–H and O–H groups in total. The monoisotopic (exact) mass is 311 g/mol. The van der Waals surface area contributed by atoms with Crippen LogP contribution < -0.4 is 9.88 Å². The van der Waals surface area contributed by atoms with E-state index >= 15 is 0 Å². The van der Waals surface area contributed by atoms with E-state index in [4.69, 9.17) is 14.4 Å². The molecule has 0 fully saturated rings. The van der Waals surface area contributed by atoms with Gasteiger partial charge in [-0.25, -0.2) is 13.6 Å². The van der Waals surface area contributed by atoms with Crippen molar-refractivity contribution >= 4 is 10.0 Å². The summed E-state index contributed by atoms with van der Waals surface area (Å²) >= 11 is 0. The van der Waals surface area contributed by atoms with Gasteiger partial charge >= 0.3 is 0 Å². The number of nitrogens with two attached hydrogens (primary N) is 1. The number of primary sulfonamides is 1. The predicted molar refractivity (Wildman–Crippen MR) is 75.2 cm³/mol. The minimum Gasteiger partial charge on any atom is -0.482 e. The number of ether oxygens (including phenoxy) is 1. The molecule has 2 rings (SSSR count). The lowest BCUT2D eigenvalue weighted by atomic mass is 10.2.